The molecule has 7 heteroatoms. The van der Waals surface area contributed by atoms with E-state index in [2.05, 4.69) is 34.9 Å². The van der Waals surface area contributed by atoms with Crippen LogP contribution in [0, 0.1) is 11.3 Å². The van der Waals surface area contributed by atoms with Crippen molar-refractivity contribution >= 4 is 33.4 Å². The van der Waals surface area contributed by atoms with Gasteiger partial charge in [-0.2, -0.15) is 5.26 Å². The largest absolute Gasteiger partial charge is 0.449 e. The average molecular weight is 496 g/mol. The Kier molecular flexibility index (Phi) is 6.96. The maximum absolute atomic E-state index is 12.9. The van der Waals surface area contributed by atoms with Crippen LogP contribution in [0.5, 0.6) is 0 Å². The summed E-state index contributed by atoms with van der Waals surface area (Å²) >= 11 is 1.60. The zero-order valence-electron chi connectivity index (χ0n) is 19.6. The van der Waals surface area contributed by atoms with E-state index in [0.717, 1.165) is 37.9 Å². The van der Waals surface area contributed by atoms with Crippen LogP contribution >= 0.6 is 11.3 Å². The molecule has 2 amide bonds. The van der Waals surface area contributed by atoms with Gasteiger partial charge in [-0.05, 0) is 44.6 Å². The number of nitrogens with zero attached hydrogens (tertiary/aromatic N) is 1. The smallest absolute Gasteiger partial charge is 0.407 e. The van der Waals surface area contributed by atoms with Gasteiger partial charge in [0.25, 0.3) is 0 Å². The number of nitriles is 1. The fourth-order valence-electron chi connectivity index (χ4n) is 4.77. The predicted octanol–water partition coefficient (Wildman–Crippen LogP) is 5.38. The topological polar surface area (TPSA) is 91.2 Å². The Balaban J connectivity index is 1.30. The normalized spacial score (nSPS) is 12.9. The Morgan fingerprint density at radius 1 is 0.972 bits per heavy atom. The van der Waals surface area contributed by atoms with Gasteiger partial charge in [0.05, 0.1) is 12.5 Å². The number of thiophene rings is 1. The molecule has 1 aliphatic rings. The fraction of sp³-hybridized carbons (Fsp3) is 0.207. The molecule has 180 valence electrons. The molecule has 0 fully saturated rings. The van der Waals surface area contributed by atoms with E-state index in [1.807, 2.05) is 60.0 Å². The lowest BCUT2D eigenvalue weighted by atomic mass is 9.98. The van der Waals surface area contributed by atoms with Crippen molar-refractivity contribution in [1.29, 1.82) is 5.26 Å². The van der Waals surface area contributed by atoms with Crippen molar-refractivity contribution in [1.82, 2.24) is 10.6 Å². The number of alkyl carbamates (subject to hydrolysis) is 1. The minimum atomic E-state index is -0.822. The number of rotatable bonds is 8. The monoisotopic (exact) mass is 495 g/mol. The lowest BCUT2D eigenvalue weighted by Crippen LogP contribution is -2.48. The van der Waals surface area contributed by atoms with Crippen molar-refractivity contribution in [2.75, 3.05) is 13.2 Å². The first-order chi connectivity index (χ1) is 17.7. The van der Waals surface area contributed by atoms with Crippen molar-refractivity contribution in [2.45, 2.75) is 24.8 Å². The van der Waals surface area contributed by atoms with E-state index in [1.54, 1.807) is 11.3 Å². The molecule has 36 heavy (non-hydrogen) atoms. The Hall–Kier alpha value is -4.15. The Bertz CT molecular complexity index is 1410. The third kappa shape index (κ3) is 4.81. The average Bonchev–Trinajstić information content (AvgIpc) is 3.46. The lowest BCUT2D eigenvalue weighted by Gasteiger charge is -2.19. The summed E-state index contributed by atoms with van der Waals surface area (Å²) in [4.78, 5) is 25.8. The van der Waals surface area contributed by atoms with Gasteiger partial charge in [-0.1, -0.05) is 66.7 Å². The molecule has 2 N–H and O–H groups in total. The molecular formula is C29H25N3O3S. The number of nitrogens with one attached hydrogen (secondary N) is 2. The van der Waals surface area contributed by atoms with Crippen molar-refractivity contribution in [3.05, 3.63) is 94.9 Å². The van der Waals surface area contributed by atoms with Gasteiger partial charge in [0.15, 0.2) is 0 Å². The maximum Gasteiger partial charge on any atom is 0.407 e. The van der Waals surface area contributed by atoms with Crippen LogP contribution in [0.3, 0.4) is 0 Å². The van der Waals surface area contributed by atoms with E-state index in [1.165, 1.54) is 0 Å². The van der Waals surface area contributed by atoms with Gasteiger partial charge in [0.2, 0.25) is 5.91 Å². The molecule has 0 spiro atoms. The molecule has 3 aromatic carbocycles. The number of fused-ring (bicyclic) bond motifs is 4. The second-order valence-electron chi connectivity index (χ2n) is 8.68. The van der Waals surface area contributed by atoms with Gasteiger partial charge in [0, 0.05) is 23.6 Å². The van der Waals surface area contributed by atoms with Gasteiger partial charge in [-0.3, -0.25) is 4.79 Å². The number of benzene rings is 3. The zero-order valence-corrected chi connectivity index (χ0v) is 20.4. The highest BCUT2D eigenvalue weighted by Gasteiger charge is 2.30. The van der Waals surface area contributed by atoms with Crippen molar-refractivity contribution in [3.8, 4) is 17.2 Å². The molecule has 1 heterocycles. The van der Waals surface area contributed by atoms with E-state index in [-0.39, 0.29) is 31.4 Å². The van der Waals surface area contributed by atoms with Crippen LogP contribution in [0.25, 0.3) is 21.2 Å². The van der Waals surface area contributed by atoms with Gasteiger partial charge in [-0.25, -0.2) is 4.79 Å². The van der Waals surface area contributed by atoms with Crippen molar-refractivity contribution in [2.24, 2.45) is 0 Å². The highest BCUT2D eigenvalue weighted by Crippen LogP contribution is 2.44. The number of amides is 2. The summed E-state index contributed by atoms with van der Waals surface area (Å²) in [5.74, 6) is -0.402. The second-order valence-corrected chi connectivity index (χ2v) is 9.59. The zero-order chi connectivity index (χ0) is 24.9. The predicted molar refractivity (Wildman–Crippen MR) is 141 cm³/mol. The molecule has 0 saturated carbocycles. The molecule has 0 bridgehead atoms. The van der Waals surface area contributed by atoms with Crippen LogP contribution < -0.4 is 10.6 Å². The highest BCUT2D eigenvalue weighted by atomic mass is 32.1. The summed E-state index contributed by atoms with van der Waals surface area (Å²) in [5, 5.41) is 17.4. The quantitative estimate of drug-likeness (QED) is 0.321. The second kappa shape index (κ2) is 10.6. The third-order valence-electron chi connectivity index (χ3n) is 6.47. The number of carbonyl (C=O) groups is 2. The summed E-state index contributed by atoms with van der Waals surface area (Å²) in [6.07, 6.45) is -0.117. The Morgan fingerprint density at radius 3 is 2.36 bits per heavy atom. The minimum Gasteiger partial charge on any atom is -0.449 e. The molecule has 1 unspecified atom stereocenters. The molecule has 0 saturated heterocycles. The fourth-order valence-corrected chi connectivity index (χ4v) is 5.74. The van der Waals surface area contributed by atoms with E-state index in [9.17, 15) is 9.59 Å². The van der Waals surface area contributed by atoms with Crippen LogP contribution in [0.15, 0.2) is 78.2 Å². The number of hydrogen-bond donors (Lipinski definition) is 2. The van der Waals surface area contributed by atoms with Crippen LogP contribution in [0.1, 0.15) is 29.0 Å². The van der Waals surface area contributed by atoms with E-state index in [4.69, 9.17) is 10.00 Å². The van der Waals surface area contributed by atoms with Gasteiger partial charge >= 0.3 is 6.09 Å². The molecule has 5 rings (SSSR count). The van der Waals surface area contributed by atoms with Crippen molar-refractivity contribution in [3.63, 3.8) is 0 Å². The molecule has 6 nitrogen and oxygen atoms in total. The van der Waals surface area contributed by atoms with E-state index < -0.39 is 12.1 Å². The summed E-state index contributed by atoms with van der Waals surface area (Å²) in [6.45, 7) is 0.395. The van der Waals surface area contributed by atoms with Crippen LogP contribution in [0.4, 0.5) is 4.79 Å². The molecule has 1 aromatic heterocycles. The first-order valence-electron chi connectivity index (χ1n) is 11.9. The first-order valence-corrected chi connectivity index (χ1v) is 12.7. The van der Waals surface area contributed by atoms with Gasteiger partial charge in [-0.15, -0.1) is 11.3 Å². The highest BCUT2D eigenvalue weighted by molar-refractivity contribution is 7.17. The molecule has 1 atom stereocenters. The summed E-state index contributed by atoms with van der Waals surface area (Å²) in [6, 6.07) is 25.5. The Labute approximate surface area is 213 Å². The Morgan fingerprint density at radius 2 is 1.64 bits per heavy atom. The molecule has 0 radical (unpaired) electrons. The third-order valence-corrected chi connectivity index (χ3v) is 7.49. The molecule has 1 aliphatic carbocycles. The molecule has 0 aliphatic heterocycles. The number of carbonyl (C=O) groups excluding carboxylic acids is 2. The lowest BCUT2D eigenvalue weighted by molar-refractivity contribution is -0.123. The molecular weight excluding hydrogens is 470 g/mol. The van der Waals surface area contributed by atoms with Gasteiger partial charge in [0.1, 0.15) is 12.6 Å². The minimum absolute atomic E-state index is 0.0631. The number of ether oxygens (including phenoxy) is 1. The van der Waals surface area contributed by atoms with Crippen LogP contribution in [-0.2, 0) is 16.0 Å². The van der Waals surface area contributed by atoms with E-state index >= 15 is 0 Å². The van der Waals surface area contributed by atoms with Gasteiger partial charge < -0.3 is 15.4 Å². The summed E-state index contributed by atoms with van der Waals surface area (Å²) < 4.78 is 6.80. The maximum atomic E-state index is 12.9. The van der Waals surface area contributed by atoms with Crippen LogP contribution in [-0.4, -0.2) is 31.2 Å². The summed E-state index contributed by atoms with van der Waals surface area (Å²) in [5.41, 5.74) is 5.54. The SMILES string of the molecule is N#CCCNC(=O)C(Cc1csc2ccccc12)NC(=O)OCC1c2ccccc2-c2ccccc21. The van der Waals surface area contributed by atoms with E-state index in [0.29, 0.717) is 6.42 Å². The molecule has 4 aromatic rings. The van der Waals surface area contributed by atoms with Crippen molar-refractivity contribution < 1.29 is 14.3 Å². The first kappa shape index (κ1) is 23.6. The standard InChI is InChI=1S/C29H25N3O3S/c30-14-7-15-31-28(33)26(16-19-18-36-27-13-6-5-8-20(19)27)32-29(34)35-17-25-23-11-3-1-9-21(23)22-10-2-4-12-24(22)25/h1-6,8-13,18,25-26H,7,15-17H2,(H,31,33)(H,32,34). The van der Waals surface area contributed by atoms with Crippen LogP contribution in [0.2, 0.25) is 0 Å². The summed E-state index contributed by atoms with van der Waals surface area (Å²) in [7, 11) is 0. The number of hydrogen-bond acceptors (Lipinski definition) is 5.